The number of hydrogen-bond acceptors (Lipinski definition) is 6. The van der Waals surface area contributed by atoms with Gasteiger partial charge in [-0.2, -0.15) is 0 Å². The van der Waals surface area contributed by atoms with Crippen molar-refractivity contribution in [3.63, 3.8) is 0 Å². The van der Waals surface area contributed by atoms with Crippen molar-refractivity contribution in [1.82, 2.24) is 15.4 Å². The molecule has 10 heteroatoms. The molecule has 2 rings (SSSR count). The molecule has 0 aromatic heterocycles. The van der Waals surface area contributed by atoms with Crippen LogP contribution in [0.25, 0.3) is 0 Å². The van der Waals surface area contributed by atoms with E-state index in [1.165, 1.54) is 11.9 Å². The summed E-state index contributed by atoms with van der Waals surface area (Å²) in [6.45, 7) is 7.42. The summed E-state index contributed by atoms with van der Waals surface area (Å²) >= 11 is 0. The van der Waals surface area contributed by atoms with E-state index >= 15 is 0 Å². The van der Waals surface area contributed by atoms with Crippen LogP contribution in [-0.4, -0.2) is 62.4 Å². The Bertz CT molecular complexity index is 918. The number of amides is 2. The van der Waals surface area contributed by atoms with Crippen LogP contribution in [0.2, 0.25) is 0 Å². The van der Waals surface area contributed by atoms with Crippen molar-refractivity contribution in [3.05, 3.63) is 29.8 Å². The van der Waals surface area contributed by atoms with Crippen LogP contribution in [-0.2, 0) is 25.2 Å². The van der Waals surface area contributed by atoms with E-state index < -0.39 is 31.8 Å². The fourth-order valence-corrected chi connectivity index (χ4v) is 3.94. The average Bonchev–Trinajstić information content (AvgIpc) is 2.86. The zero-order valence-electron chi connectivity index (χ0n) is 18.4. The van der Waals surface area contributed by atoms with Gasteiger partial charge in [0.1, 0.15) is 12.1 Å². The SMILES string of the molecule is CNC(=O)CN1C(=O)C(CNS(=O)(=O)C(C)(C)C)(NCC(C)(C)O)c2ccccc21. The second-order valence-corrected chi connectivity index (χ2v) is 11.6. The maximum Gasteiger partial charge on any atom is 0.253 e. The van der Waals surface area contributed by atoms with Crippen LogP contribution < -0.4 is 20.3 Å². The molecule has 0 bridgehead atoms. The molecule has 0 fully saturated rings. The van der Waals surface area contributed by atoms with Crippen molar-refractivity contribution in [3.8, 4) is 0 Å². The number of carbonyl (C=O) groups excluding carboxylic acids is 2. The fourth-order valence-electron chi connectivity index (χ4n) is 3.10. The lowest BCUT2D eigenvalue weighted by atomic mass is 9.90. The van der Waals surface area contributed by atoms with E-state index in [0.717, 1.165) is 0 Å². The molecule has 2 amide bonds. The summed E-state index contributed by atoms with van der Waals surface area (Å²) in [6.07, 6.45) is 0. The third kappa shape index (κ3) is 4.83. The minimum Gasteiger partial charge on any atom is -0.389 e. The van der Waals surface area contributed by atoms with Crippen LogP contribution in [0.15, 0.2) is 24.3 Å². The van der Waals surface area contributed by atoms with Gasteiger partial charge in [-0.3, -0.25) is 14.9 Å². The van der Waals surface area contributed by atoms with E-state index in [-0.39, 0.29) is 25.5 Å². The number of para-hydroxylation sites is 1. The highest BCUT2D eigenvalue weighted by Crippen LogP contribution is 2.40. The van der Waals surface area contributed by atoms with E-state index in [1.54, 1.807) is 58.9 Å². The van der Waals surface area contributed by atoms with Crippen molar-refractivity contribution in [2.45, 2.75) is 50.5 Å². The van der Waals surface area contributed by atoms with Crippen LogP contribution in [0.4, 0.5) is 5.69 Å². The van der Waals surface area contributed by atoms with Gasteiger partial charge in [0.05, 0.1) is 10.3 Å². The number of fused-ring (bicyclic) bond motifs is 1. The van der Waals surface area contributed by atoms with Crippen LogP contribution in [0.5, 0.6) is 0 Å². The molecule has 30 heavy (non-hydrogen) atoms. The van der Waals surface area contributed by atoms with Gasteiger partial charge in [0, 0.05) is 31.4 Å². The van der Waals surface area contributed by atoms with Crippen molar-refractivity contribution in [1.29, 1.82) is 0 Å². The predicted molar refractivity (Wildman–Crippen MR) is 116 cm³/mol. The molecular formula is C20H32N4O5S. The molecule has 1 aliphatic rings. The van der Waals surface area contributed by atoms with Gasteiger partial charge in [-0.15, -0.1) is 0 Å². The smallest absolute Gasteiger partial charge is 0.253 e. The van der Waals surface area contributed by atoms with Gasteiger partial charge < -0.3 is 15.3 Å². The van der Waals surface area contributed by atoms with Crippen LogP contribution >= 0.6 is 0 Å². The van der Waals surface area contributed by atoms with Gasteiger partial charge >= 0.3 is 0 Å². The summed E-state index contributed by atoms with van der Waals surface area (Å²) in [5.41, 5.74) is -1.56. The molecule has 9 nitrogen and oxygen atoms in total. The summed E-state index contributed by atoms with van der Waals surface area (Å²) in [5, 5.41) is 15.8. The first-order valence-electron chi connectivity index (χ1n) is 9.73. The molecule has 1 aromatic rings. The topological polar surface area (TPSA) is 128 Å². The summed E-state index contributed by atoms with van der Waals surface area (Å²) in [7, 11) is -2.27. The number of nitrogens with zero attached hydrogens (tertiary/aromatic N) is 1. The van der Waals surface area contributed by atoms with Gasteiger partial charge in [-0.1, -0.05) is 18.2 Å². The highest BCUT2D eigenvalue weighted by molar-refractivity contribution is 7.90. The Morgan fingerprint density at radius 3 is 2.30 bits per heavy atom. The zero-order chi connectivity index (χ0) is 23.0. The monoisotopic (exact) mass is 440 g/mol. The zero-order valence-corrected chi connectivity index (χ0v) is 19.2. The minimum absolute atomic E-state index is 0.0259. The van der Waals surface area contributed by atoms with Crippen molar-refractivity contribution < 1.29 is 23.1 Å². The third-order valence-electron chi connectivity index (χ3n) is 5.00. The second-order valence-electron chi connectivity index (χ2n) is 9.09. The number of aliphatic hydroxyl groups is 1. The predicted octanol–water partition coefficient (Wildman–Crippen LogP) is 0.0529. The summed E-state index contributed by atoms with van der Waals surface area (Å²) in [6, 6.07) is 6.92. The standard InChI is InChI=1S/C20H32N4O5S/c1-18(2,3)30(28,29)23-13-20(22-12-19(4,5)27)14-9-7-8-10-15(14)24(17(20)26)11-16(25)21-6/h7-10,22-23,27H,11-13H2,1-6H3,(H,21,25). The number of benzene rings is 1. The van der Waals surface area contributed by atoms with Crippen molar-refractivity contribution in [2.24, 2.45) is 0 Å². The molecule has 0 aliphatic carbocycles. The van der Waals surface area contributed by atoms with E-state index in [2.05, 4.69) is 15.4 Å². The minimum atomic E-state index is -3.75. The maximum absolute atomic E-state index is 13.6. The lowest BCUT2D eigenvalue weighted by Crippen LogP contribution is -2.60. The van der Waals surface area contributed by atoms with Gasteiger partial charge in [0.15, 0.2) is 0 Å². The molecule has 4 N–H and O–H groups in total. The number of carbonyl (C=O) groups is 2. The molecule has 0 radical (unpaired) electrons. The maximum atomic E-state index is 13.6. The van der Waals surface area contributed by atoms with Crippen LogP contribution in [0.1, 0.15) is 40.2 Å². The van der Waals surface area contributed by atoms with E-state index in [1.807, 2.05) is 0 Å². The largest absolute Gasteiger partial charge is 0.389 e. The second kappa shape index (κ2) is 8.26. The molecule has 0 spiro atoms. The quantitative estimate of drug-likeness (QED) is 0.452. The van der Waals surface area contributed by atoms with Gasteiger partial charge in [-0.25, -0.2) is 13.1 Å². The molecule has 1 unspecified atom stereocenters. The Kier molecular flexibility index (Phi) is 6.68. The van der Waals surface area contributed by atoms with Gasteiger partial charge in [-0.05, 0) is 40.7 Å². The molecule has 1 atom stereocenters. The average molecular weight is 441 g/mol. The molecule has 1 heterocycles. The molecule has 1 aliphatic heterocycles. The normalized spacial score (nSPS) is 19.7. The number of anilines is 1. The third-order valence-corrected chi connectivity index (χ3v) is 7.14. The molecule has 0 saturated carbocycles. The summed E-state index contributed by atoms with van der Waals surface area (Å²) in [4.78, 5) is 26.9. The van der Waals surface area contributed by atoms with Gasteiger partial charge in [0.25, 0.3) is 5.91 Å². The highest BCUT2D eigenvalue weighted by atomic mass is 32.2. The molecule has 168 valence electrons. The van der Waals surface area contributed by atoms with Gasteiger partial charge in [0.2, 0.25) is 15.9 Å². The number of nitrogens with one attached hydrogen (secondary N) is 3. The Labute approximate surface area is 178 Å². The fraction of sp³-hybridized carbons (Fsp3) is 0.600. The molecule has 0 saturated heterocycles. The van der Waals surface area contributed by atoms with E-state index in [0.29, 0.717) is 11.3 Å². The van der Waals surface area contributed by atoms with E-state index in [4.69, 9.17) is 0 Å². The number of sulfonamides is 1. The molecular weight excluding hydrogens is 408 g/mol. The first-order chi connectivity index (χ1) is 13.6. The first kappa shape index (κ1) is 24.3. The van der Waals surface area contributed by atoms with Crippen molar-refractivity contribution >= 4 is 27.5 Å². The lowest BCUT2D eigenvalue weighted by Gasteiger charge is -2.34. The number of hydrogen-bond donors (Lipinski definition) is 4. The Morgan fingerprint density at radius 2 is 1.77 bits per heavy atom. The Balaban J connectivity index is 2.54. The Morgan fingerprint density at radius 1 is 1.17 bits per heavy atom. The highest BCUT2D eigenvalue weighted by Gasteiger charge is 2.52. The Hall–Kier alpha value is -2.01. The number of likely N-dealkylation sites (N-methyl/N-ethyl adjacent to an activating group) is 1. The van der Waals surface area contributed by atoms with Crippen LogP contribution in [0, 0.1) is 0 Å². The summed E-state index contributed by atoms with van der Waals surface area (Å²) in [5.74, 6) is -0.820. The van der Waals surface area contributed by atoms with Crippen LogP contribution in [0.3, 0.4) is 0 Å². The summed E-state index contributed by atoms with van der Waals surface area (Å²) < 4.78 is 26.9. The van der Waals surface area contributed by atoms with E-state index in [9.17, 15) is 23.1 Å². The van der Waals surface area contributed by atoms with Crippen molar-refractivity contribution in [2.75, 3.05) is 31.6 Å². The lowest BCUT2D eigenvalue weighted by molar-refractivity contribution is -0.127. The number of rotatable bonds is 8. The molecule has 1 aromatic carbocycles. The first-order valence-corrected chi connectivity index (χ1v) is 11.2.